The SMILES string of the molecule is [O-][N+]1=C(c2ccccc2)c2cc(Cl)ccc2N=C(NCC2CC2)C1. The molecule has 0 aromatic heterocycles. The summed E-state index contributed by atoms with van der Waals surface area (Å²) >= 11 is 6.18. The maximum Gasteiger partial charge on any atom is 0.228 e. The molecule has 0 amide bonds. The molecular weight excluding hydrogens is 322 g/mol. The second-order valence-corrected chi connectivity index (χ2v) is 6.73. The first kappa shape index (κ1) is 15.2. The summed E-state index contributed by atoms with van der Waals surface area (Å²) in [6.07, 6.45) is 2.52. The van der Waals surface area contributed by atoms with E-state index in [1.165, 1.54) is 12.8 Å². The molecule has 0 radical (unpaired) electrons. The fraction of sp³-hybridized carbons (Fsp3) is 0.263. The molecule has 4 rings (SSSR count). The molecular formula is C19H18ClN3O. The van der Waals surface area contributed by atoms with E-state index < -0.39 is 0 Å². The molecule has 0 bridgehead atoms. The van der Waals surface area contributed by atoms with Crippen molar-refractivity contribution in [2.45, 2.75) is 12.8 Å². The summed E-state index contributed by atoms with van der Waals surface area (Å²) in [6.45, 7) is 1.10. The molecule has 2 aromatic carbocycles. The average Bonchev–Trinajstić information content (AvgIpc) is 3.40. The molecule has 0 spiro atoms. The highest BCUT2D eigenvalue weighted by Gasteiger charge is 2.26. The van der Waals surface area contributed by atoms with Crippen molar-refractivity contribution < 1.29 is 4.74 Å². The van der Waals surface area contributed by atoms with E-state index in [0.717, 1.165) is 34.0 Å². The third-order valence-electron chi connectivity index (χ3n) is 4.35. The standard InChI is InChI=1S/C19H18ClN3O/c20-15-8-9-17-16(10-15)19(14-4-2-1-3-5-14)23(24)12-18(22-17)21-11-13-6-7-13/h1-5,8-10,13H,6-7,11-12H2,(H,21,22). The lowest BCUT2D eigenvalue weighted by atomic mass is 10.0. The molecule has 1 N–H and O–H groups in total. The molecule has 0 atom stereocenters. The normalized spacial score (nSPS) is 17.1. The van der Waals surface area contributed by atoms with Crippen LogP contribution in [0.2, 0.25) is 5.02 Å². The highest BCUT2D eigenvalue weighted by molar-refractivity contribution is 6.31. The second kappa shape index (κ2) is 6.29. The minimum atomic E-state index is 0.212. The smallest absolute Gasteiger partial charge is 0.228 e. The van der Waals surface area contributed by atoms with Crippen molar-refractivity contribution in [2.24, 2.45) is 10.9 Å². The number of benzene rings is 2. The van der Waals surface area contributed by atoms with E-state index >= 15 is 0 Å². The molecule has 1 heterocycles. The summed E-state index contributed by atoms with van der Waals surface area (Å²) in [5.74, 6) is 1.43. The zero-order valence-corrected chi connectivity index (χ0v) is 14.0. The molecule has 122 valence electrons. The number of aliphatic imine (C=N–C) groups is 1. The third kappa shape index (κ3) is 3.15. The Morgan fingerprint density at radius 2 is 1.96 bits per heavy atom. The van der Waals surface area contributed by atoms with Crippen LogP contribution < -0.4 is 5.32 Å². The first-order chi connectivity index (χ1) is 11.7. The third-order valence-corrected chi connectivity index (χ3v) is 4.59. The maximum absolute atomic E-state index is 12.9. The highest BCUT2D eigenvalue weighted by atomic mass is 35.5. The van der Waals surface area contributed by atoms with Crippen molar-refractivity contribution in [3.8, 4) is 0 Å². The number of rotatable bonds is 3. The Kier molecular flexibility index (Phi) is 3.98. The fourth-order valence-electron chi connectivity index (χ4n) is 2.90. The Morgan fingerprint density at radius 1 is 1.17 bits per heavy atom. The van der Waals surface area contributed by atoms with Gasteiger partial charge in [-0.2, -0.15) is 4.74 Å². The molecule has 24 heavy (non-hydrogen) atoms. The van der Waals surface area contributed by atoms with Gasteiger partial charge in [0.2, 0.25) is 12.3 Å². The molecule has 4 nitrogen and oxygen atoms in total. The van der Waals surface area contributed by atoms with Gasteiger partial charge in [-0.15, -0.1) is 0 Å². The van der Waals surface area contributed by atoms with E-state index in [9.17, 15) is 5.21 Å². The average molecular weight is 340 g/mol. The van der Waals surface area contributed by atoms with Crippen LogP contribution in [-0.4, -0.2) is 29.4 Å². The number of nitrogens with zero attached hydrogens (tertiary/aromatic N) is 2. The van der Waals surface area contributed by atoms with Crippen molar-refractivity contribution in [1.29, 1.82) is 0 Å². The van der Waals surface area contributed by atoms with E-state index in [0.29, 0.717) is 16.6 Å². The molecule has 2 aromatic rings. The zero-order chi connectivity index (χ0) is 16.5. The van der Waals surface area contributed by atoms with E-state index in [1.54, 1.807) is 0 Å². The summed E-state index contributed by atoms with van der Waals surface area (Å²) in [7, 11) is 0. The predicted octanol–water partition coefficient (Wildman–Crippen LogP) is 3.73. The van der Waals surface area contributed by atoms with E-state index in [2.05, 4.69) is 5.32 Å². The molecule has 1 saturated carbocycles. The minimum Gasteiger partial charge on any atom is -0.623 e. The molecule has 0 unspecified atom stereocenters. The number of fused-ring (bicyclic) bond motifs is 1. The van der Waals surface area contributed by atoms with Gasteiger partial charge >= 0.3 is 0 Å². The first-order valence-corrected chi connectivity index (χ1v) is 8.57. The van der Waals surface area contributed by atoms with Crippen LogP contribution in [-0.2, 0) is 0 Å². The van der Waals surface area contributed by atoms with Crippen molar-refractivity contribution in [3.05, 3.63) is 69.9 Å². The van der Waals surface area contributed by atoms with Gasteiger partial charge < -0.3 is 10.5 Å². The van der Waals surface area contributed by atoms with Crippen LogP contribution >= 0.6 is 11.6 Å². The number of amidine groups is 1. The lowest BCUT2D eigenvalue weighted by Gasteiger charge is -2.11. The van der Waals surface area contributed by atoms with Gasteiger partial charge in [-0.05, 0) is 49.1 Å². The van der Waals surface area contributed by atoms with Gasteiger partial charge in [0.25, 0.3) is 0 Å². The van der Waals surface area contributed by atoms with E-state index in [-0.39, 0.29) is 6.54 Å². The van der Waals surface area contributed by atoms with Gasteiger partial charge in [0, 0.05) is 17.1 Å². The van der Waals surface area contributed by atoms with Gasteiger partial charge in [-0.25, -0.2) is 4.99 Å². The van der Waals surface area contributed by atoms with Crippen LogP contribution in [0.15, 0.2) is 53.5 Å². The molecule has 2 aliphatic rings. The Morgan fingerprint density at radius 3 is 2.71 bits per heavy atom. The van der Waals surface area contributed by atoms with Crippen LogP contribution in [0.25, 0.3) is 0 Å². The minimum absolute atomic E-state index is 0.212. The lowest BCUT2D eigenvalue weighted by Crippen LogP contribution is -2.33. The molecule has 0 saturated heterocycles. The van der Waals surface area contributed by atoms with Crippen LogP contribution in [0.5, 0.6) is 0 Å². The van der Waals surface area contributed by atoms with Gasteiger partial charge in [0.1, 0.15) is 0 Å². The fourth-order valence-corrected chi connectivity index (χ4v) is 3.07. The molecule has 1 aliphatic carbocycles. The van der Waals surface area contributed by atoms with Crippen LogP contribution in [0.4, 0.5) is 5.69 Å². The van der Waals surface area contributed by atoms with Crippen molar-refractivity contribution in [3.63, 3.8) is 0 Å². The van der Waals surface area contributed by atoms with E-state index in [1.807, 2.05) is 48.5 Å². The topological polar surface area (TPSA) is 50.5 Å². The first-order valence-electron chi connectivity index (χ1n) is 8.19. The number of halogens is 1. The molecule has 1 aliphatic heterocycles. The summed E-state index contributed by atoms with van der Waals surface area (Å²) in [6, 6.07) is 15.2. The number of hydrogen-bond donors (Lipinski definition) is 1. The maximum atomic E-state index is 12.9. The Bertz CT molecular complexity index is 826. The van der Waals surface area contributed by atoms with Crippen molar-refractivity contribution >= 4 is 28.8 Å². The molecule has 1 fully saturated rings. The van der Waals surface area contributed by atoms with E-state index in [4.69, 9.17) is 16.6 Å². The number of nitrogens with one attached hydrogen (secondary N) is 1. The van der Waals surface area contributed by atoms with Crippen LogP contribution in [0, 0.1) is 11.1 Å². The van der Waals surface area contributed by atoms with Crippen LogP contribution in [0.1, 0.15) is 24.0 Å². The molecule has 5 heteroatoms. The van der Waals surface area contributed by atoms with Crippen LogP contribution in [0.3, 0.4) is 0 Å². The predicted molar refractivity (Wildman–Crippen MR) is 97.4 cm³/mol. The highest BCUT2D eigenvalue weighted by Crippen LogP contribution is 2.29. The van der Waals surface area contributed by atoms with Crippen molar-refractivity contribution in [1.82, 2.24) is 5.32 Å². The van der Waals surface area contributed by atoms with Gasteiger partial charge in [0.15, 0.2) is 5.84 Å². The number of hydrogen-bond acceptors (Lipinski definition) is 3. The monoisotopic (exact) mass is 339 g/mol. The Labute approximate surface area is 146 Å². The lowest BCUT2D eigenvalue weighted by molar-refractivity contribution is -0.439. The zero-order valence-electron chi connectivity index (χ0n) is 13.2. The summed E-state index contributed by atoms with van der Waals surface area (Å²) < 4.78 is 1.01. The largest absolute Gasteiger partial charge is 0.623 e. The van der Waals surface area contributed by atoms with Gasteiger partial charge in [-0.3, -0.25) is 0 Å². The van der Waals surface area contributed by atoms with Crippen molar-refractivity contribution in [2.75, 3.05) is 13.1 Å². The summed E-state index contributed by atoms with van der Waals surface area (Å²) in [5.41, 5.74) is 3.02. The Balaban J connectivity index is 1.79. The van der Waals surface area contributed by atoms with Gasteiger partial charge in [-0.1, -0.05) is 29.8 Å². The quantitative estimate of drug-likeness (QED) is 0.684. The Hall–Kier alpha value is -2.33. The summed E-state index contributed by atoms with van der Waals surface area (Å²) in [4.78, 5) is 4.69. The summed E-state index contributed by atoms with van der Waals surface area (Å²) in [5, 5.41) is 16.8. The second-order valence-electron chi connectivity index (χ2n) is 6.30. The number of hydroxylamine groups is 1. The van der Waals surface area contributed by atoms with Gasteiger partial charge in [0.05, 0.1) is 11.3 Å².